The van der Waals surface area contributed by atoms with E-state index in [0.717, 1.165) is 16.8 Å². The maximum atomic E-state index is 11.2. The third kappa shape index (κ3) is 7.09. The van der Waals surface area contributed by atoms with E-state index in [1.807, 2.05) is 18.8 Å². The van der Waals surface area contributed by atoms with Crippen LogP contribution in [0, 0.1) is 4.64 Å². The summed E-state index contributed by atoms with van der Waals surface area (Å²) in [4.78, 5) is 12.5. The number of aromatic nitrogens is 1. The molecule has 1 unspecified atom stereocenters. The Labute approximate surface area is 183 Å². The van der Waals surface area contributed by atoms with Crippen LogP contribution in [-0.4, -0.2) is 20.7 Å². The van der Waals surface area contributed by atoms with Crippen LogP contribution in [0.2, 0.25) is 0 Å². The van der Waals surface area contributed by atoms with Gasteiger partial charge in [-0.2, -0.15) is 0 Å². The van der Waals surface area contributed by atoms with Crippen LogP contribution in [0.5, 0.6) is 0 Å². The third-order valence-electron chi connectivity index (χ3n) is 4.95. The number of aryl methyl sites for hydroxylation is 1. The summed E-state index contributed by atoms with van der Waals surface area (Å²) in [6.07, 6.45) is 9.94. The molecule has 28 heavy (non-hydrogen) atoms. The zero-order valence-electron chi connectivity index (χ0n) is 17.0. The lowest BCUT2D eigenvalue weighted by molar-refractivity contribution is -0.107. The average molecular weight is 434 g/mol. The number of thioether (sulfide) groups is 2. The van der Waals surface area contributed by atoms with Crippen molar-refractivity contribution in [3.8, 4) is 0 Å². The van der Waals surface area contributed by atoms with Crippen LogP contribution in [0.15, 0.2) is 47.9 Å². The molecular weight excluding hydrogens is 402 g/mol. The molecule has 0 spiro atoms. The van der Waals surface area contributed by atoms with E-state index in [0.29, 0.717) is 5.25 Å². The molecule has 2 aromatic rings. The third-order valence-corrected chi connectivity index (χ3v) is 7.78. The minimum atomic E-state index is 0.0899. The fraction of sp³-hybridized carbons (Fsp3) is 0.478. The van der Waals surface area contributed by atoms with Crippen LogP contribution in [0.25, 0.3) is 10.9 Å². The van der Waals surface area contributed by atoms with Gasteiger partial charge in [-0.1, -0.05) is 81.4 Å². The first-order chi connectivity index (χ1) is 13.6. The van der Waals surface area contributed by atoms with Gasteiger partial charge in [0.25, 0.3) is 0 Å². The Morgan fingerprint density at radius 3 is 2.68 bits per heavy atom. The number of rotatable bonds is 12. The highest BCUT2D eigenvalue weighted by atomic mass is 32.2. The van der Waals surface area contributed by atoms with Crippen molar-refractivity contribution in [2.24, 2.45) is 7.05 Å². The van der Waals surface area contributed by atoms with Gasteiger partial charge < -0.3 is 4.57 Å². The summed E-state index contributed by atoms with van der Waals surface area (Å²) < 4.78 is 2.99. The molecule has 0 aliphatic carbocycles. The molecule has 1 atom stereocenters. The molecule has 0 saturated carbocycles. The molecular formula is C23H31NOS3. The average Bonchev–Trinajstić information content (AvgIpc) is 2.72. The van der Waals surface area contributed by atoms with Gasteiger partial charge in [-0.25, -0.2) is 0 Å². The summed E-state index contributed by atoms with van der Waals surface area (Å²) in [7, 11) is 2.04. The van der Waals surface area contributed by atoms with Crippen molar-refractivity contribution in [3.05, 3.63) is 47.6 Å². The van der Waals surface area contributed by atoms with E-state index in [1.165, 1.54) is 72.2 Å². The van der Waals surface area contributed by atoms with Gasteiger partial charge in [-0.05, 0) is 37.5 Å². The smallest absolute Gasteiger partial charge is 0.211 e. The molecule has 2 rings (SSSR count). The Bertz CT molecular complexity index is 843. The molecule has 2 nitrogen and oxygen atoms in total. The van der Waals surface area contributed by atoms with Crippen molar-refractivity contribution < 1.29 is 4.79 Å². The van der Waals surface area contributed by atoms with Gasteiger partial charge in [0, 0.05) is 33.8 Å². The maximum absolute atomic E-state index is 11.2. The normalized spacial score (nSPS) is 12.2. The van der Waals surface area contributed by atoms with Gasteiger partial charge in [0.2, 0.25) is 5.12 Å². The molecule has 0 saturated heterocycles. The molecule has 0 amide bonds. The van der Waals surface area contributed by atoms with Crippen molar-refractivity contribution in [3.63, 3.8) is 0 Å². The van der Waals surface area contributed by atoms with Crippen LogP contribution >= 0.6 is 35.7 Å². The van der Waals surface area contributed by atoms with E-state index in [-0.39, 0.29) is 5.12 Å². The van der Waals surface area contributed by atoms with Gasteiger partial charge in [-0.3, -0.25) is 4.79 Å². The lowest BCUT2D eigenvalue weighted by atomic mass is 10.1. The number of unbranched alkanes of at least 4 members (excludes halogenated alkanes) is 4. The van der Waals surface area contributed by atoms with Crippen LogP contribution in [0.1, 0.15) is 51.9 Å². The molecule has 0 radical (unpaired) electrons. The number of para-hydroxylation sites is 1. The second-order valence-electron chi connectivity index (χ2n) is 7.00. The molecule has 152 valence electrons. The van der Waals surface area contributed by atoms with E-state index in [1.54, 1.807) is 0 Å². The van der Waals surface area contributed by atoms with Gasteiger partial charge in [0.1, 0.15) is 4.64 Å². The Morgan fingerprint density at radius 1 is 1.21 bits per heavy atom. The van der Waals surface area contributed by atoms with E-state index in [9.17, 15) is 4.79 Å². The van der Waals surface area contributed by atoms with Crippen LogP contribution in [0.4, 0.5) is 0 Å². The number of benzene rings is 1. The first-order valence-corrected chi connectivity index (χ1v) is 12.4. The standard InChI is InChI=1S/C23H31NOS3/c1-4-18(13-9-7-6-8-12-16-27-23(25)5-2)28-21-17-22(26)24(3)20-15-11-10-14-19(20)21/h5,10-11,14-15,17-18H,2,4,6-9,12-13,16H2,1,3H3. The van der Waals surface area contributed by atoms with Gasteiger partial charge in [0.05, 0.1) is 0 Å². The molecule has 1 heterocycles. The minimum absolute atomic E-state index is 0.0899. The van der Waals surface area contributed by atoms with E-state index in [2.05, 4.69) is 48.4 Å². The highest BCUT2D eigenvalue weighted by Crippen LogP contribution is 2.34. The predicted molar refractivity (Wildman–Crippen MR) is 129 cm³/mol. The Kier molecular flexibility index (Phi) is 10.4. The van der Waals surface area contributed by atoms with Gasteiger partial charge >= 0.3 is 0 Å². The molecule has 5 heteroatoms. The number of hydrogen-bond acceptors (Lipinski definition) is 4. The lowest BCUT2D eigenvalue weighted by Gasteiger charge is -2.17. The minimum Gasteiger partial charge on any atom is -0.335 e. The first kappa shape index (κ1) is 23.2. The zero-order chi connectivity index (χ0) is 20.4. The Morgan fingerprint density at radius 2 is 1.93 bits per heavy atom. The SMILES string of the molecule is C=CC(=O)SCCCCCCCC(CC)Sc1cc(=S)n(C)c2ccccc12. The zero-order valence-corrected chi connectivity index (χ0v) is 19.4. The summed E-state index contributed by atoms with van der Waals surface area (Å²) in [5.74, 6) is 0.917. The second kappa shape index (κ2) is 12.5. The summed E-state index contributed by atoms with van der Waals surface area (Å²) in [6.45, 7) is 5.78. The monoisotopic (exact) mass is 433 g/mol. The largest absolute Gasteiger partial charge is 0.335 e. The fourth-order valence-electron chi connectivity index (χ4n) is 3.24. The molecule has 1 aromatic carbocycles. The highest BCUT2D eigenvalue weighted by Gasteiger charge is 2.12. The molecule has 0 aliphatic heterocycles. The van der Waals surface area contributed by atoms with Crippen LogP contribution in [-0.2, 0) is 11.8 Å². The number of carbonyl (C=O) groups is 1. The summed E-state index contributed by atoms with van der Waals surface area (Å²) in [5, 5.41) is 2.02. The first-order valence-electron chi connectivity index (χ1n) is 10.1. The highest BCUT2D eigenvalue weighted by molar-refractivity contribution is 8.14. The van der Waals surface area contributed by atoms with Gasteiger partial charge in [-0.15, -0.1) is 11.8 Å². The number of nitrogens with zero attached hydrogens (tertiary/aromatic N) is 1. The van der Waals surface area contributed by atoms with Crippen molar-refractivity contribution in [2.75, 3.05) is 5.75 Å². The van der Waals surface area contributed by atoms with Crippen molar-refractivity contribution in [2.45, 2.75) is 62.0 Å². The number of hydrogen-bond donors (Lipinski definition) is 0. The molecule has 0 aliphatic rings. The molecule has 0 N–H and O–H groups in total. The second-order valence-corrected chi connectivity index (χ2v) is 9.86. The Balaban J connectivity index is 1.80. The van der Waals surface area contributed by atoms with E-state index >= 15 is 0 Å². The maximum Gasteiger partial charge on any atom is 0.211 e. The van der Waals surface area contributed by atoms with Crippen LogP contribution < -0.4 is 0 Å². The molecule has 0 bridgehead atoms. The summed E-state index contributed by atoms with van der Waals surface area (Å²) in [6, 6.07) is 10.7. The predicted octanol–water partition coefficient (Wildman–Crippen LogP) is 7.56. The van der Waals surface area contributed by atoms with Crippen molar-refractivity contribution in [1.29, 1.82) is 0 Å². The number of pyridine rings is 1. The molecule has 1 aromatic heterocycles. The topological polar surface area (TPSA) is 22.0 Å². The van der Waals surface area contributed by atoms with E-state index in [4.69, 9.17) is 12.2 Å². The van der Waals surface area contributed by atoms with E-state index < -0.39 is 0 Å². The van der Waals surface area contributed by atoms with Gasteiger partial charge in [0.15, 0.2) is 0 Å². The summed E-state index contributed by atoms with van der Waals surface area (Å²) >= 11 is 8.93. The number of carbonyl (C=O) groups excluding carboxylic acids is 1. The van der Waals surface area contributed by atoms with Crippen molar-refractivity contribution in [1.82, 2.24) is 4.57 Å². The fourth-order valence-corrected chi connectivity index (χ4v) is 5.49. The molecule has 0 fully saturated rings. The van der Waals surface area contributed by atoms with Crippen molar-refractivity contribution >= 4 is 51.8 Å². The lowest BCUT2D eigenvalue weighted by Crippen LogP contribution is -2.02. The Hall–Kier alpha value is -1.04. The summed E-state index contributed by atoms with van der Waals surface area (Å²) in [5.41, 5.74) is 1.21. The number of fused-ring (bicyclic) bond motifs is 1. The quantitative estimate of drug-likeness (QED) is 0.149. The van der Waals surface area contributed by atoms with Crippen LogP contribution in [0.3, 0.4) is 0 Å².